The van der Waals surface area contributed by atoms with Crippen molar-refractivity contribution in [1.82, 2.24) is 0 Å². The lowest BCUT2D eigenvalue weighted by Gasteiger charge is -2.25. The molecule has 0 aliphatic carbocycles. The van der Waals surface area contributed by atoms with Gasteiger partial charge in [0.05, 0.1) is 24.0 Å². The van der Waals surface area contributed by atoms with Crippen LogP contribution in [0, 0.1) is 0 Å². The molecule has 43 heavy (non-hydrogen) atoms. The van der Waals surface area contributed by atoms with Crippen molar-refractivity contribution in [3.05, 3.63) is 65.2 Å². The van der Waals surface area contributed by atoms with E-state index in [2.05, 4.69) is 80.3 Å². The lowest BCUT2D eigenvalue weighted by Crippen LogP contribution is -3.00. The van der Waals surface area contributed by atoms with Gasteiger partial charge in [0, 0.05) is 11.3 Å². The summed E-state index contributed by atoms with van der Waals surface area (Å²) in [5.41, 5.74) is 3.99. The Hall–Kier alpha value is -2.37. The van der Waals surface area contributed by atoms with Gasteiger partial charge in [-0.3, -0.25) is 4.79 Å². The van der Waals surface area contributed by atoms with E-state index in [1.807, 2.05) is 18.2 Å². The number of aromatic nitrogens is 1. The van der Waals surface area contributed by atoms with Crippen LogP contribution in [0.15, 0.2) is 54.0 Å². The molecule has 238 valence electrons. The number of carbonyl (C=O) groups excluding carboxylic acids is 1. The van der Waals surface area contributed by atoms with Crippen molar-refractivity contribution >= 4 is 22.9 Å². The van der Waals surface area contributed by atoms with Crippen molar-refractivity contribution in [2.75, 3.05) is 11.9 Å². The lowest BCUT2D eigenvalue weighted by molar-refractivity contribution is -0.678. The van der Waals surface area contributed by atoms with E-state index in [1.165, 1.54) is 75.6 Å². The van der Waals surface area contributed by atoms with Crippen LogP contribution in [0.4, 0.5) is 5.69 Å². The number of nitrogens with zero attached hydrogens (tertiary/aromatic N) is 1. The Morgan fingerprint density at radius 2 is 1.49 bits per heavy atom. The van der Waals surface area contributed by atoms with Gasteiger partial charge in [0.15, 0.2) is 6.20 Å². The van der Waals surface area contributed by atoms with Crippen LogP contribution >= 0.6 is 11.3 Å². The zero-order valence-corrected chi connectivity index (χ0v) is 28.9. The van der Waals surface area contributed by atoms with Gasteiger partial charge in [-0.25, -0.2) is 0 Å². The number of amides is 1. The summed E-state index contributed by atoms with van der Waals surface area (Å²) in [6, 6.07) is 14.4. The van der Waals surface area contributed by atoms with Crippen molar-refractivity contribution in [2.24, 2.45) is 0 Å². The zero-order chi connectivity index (χ0) is 30.2. The van der Waals surface area contributed by atoms with Crippen LogP contribution in [-0.4, -0.2) is 12.5 Å². The minimum absolute atomic E-state index is 0. The number of ether oxygens (including phenoxy) is 1. The molecule has 3 aromatic rings. The van der Waals surface area contributed by atoms with Crippen LogP contribution in [0.2, 0.25) is 0 Å². The van der Waals surface area contributed by atoms with Crippen LogP contribution in [0.1, 0.15) is 123 Å². The minimum atomic E-state index is -0.0674. The number of aryl methyl sites for hydroxylation is 1. The second kappa shape index (κ2) is 19.8. The number of hydrogen-bond donors (Lipinski definition) is 1. The molecular formula is C37H55ClN2O2S. The van der Waals surface area contributed by atoms with Gasteiger partial charge in [-0.15, -0.1) is 0 Å². The standard InChI is InChI=1S/C37H54N2O2S.ClH/c1-6-8-9-10-11-12-13-14-15-16-17-18-26-41-35-30(21-20-24-33(35)37(3,4)5)29-34(40)38-32-23-19-22-31(28-32)36-39(7-2)25-27-42-36;/h19-25,27-28H,6-18,26,29H2,1-5H3;1H. The van der Waals surface area contributed by atoms with E-state index in [9.17, 15) is 4.79 Å². The highest BCUT2D eigenvalue weighted by molar-refractivity contribution is 7.12. The summed E-state index contributed by atoms with van der Waals surface area (Å²) in [5, 5.41) is 6.43. The van der Waals surface area contributed by atoms with Crippen LogP contribution in [0.5, 0.6) is 5.75 Å². The van der Waals surface area contributed by atoms with E-state index < -0.39 is 0 Å². The molecule has 0 atom stereocenters. The fourth-order valence-electron chi connectivity index (χ4n) is 5.50. The molecule has 0 radical (unpaired) electrons. The fraction of sp³-hybridized carbons (Fsp3) is 0.568. The Labute approximate surface area is 272 Å². The van der Waals surface area contributed by atoms with E-state index in [4.69, 9.17) is 4.74 Å². The molecule has 1 aromatic heterocycles. The Morgan fingerprint density at radius 1 is 0.860 bits per heavy atom. The zero-order valence-electron chi connectivity index (χ0n) is 27.4. The summed E-state index contributed by atoms with van der Waals surface area (Å²) < 4.78 is 8.68. The number of thiazole rings is 1. The SMILES string of the molecule is CCCCCCCCCCCCCCOc1c(CC(=O)Nc2cccc(-c3scc[n+]3CC)c2)cccc1C(C)(C)C.[Cl-]. The summed E-state index contributed by atoms with van der Waals surface area (Å²) >= 11 is 1.72. The highest BCUT2D eigenvalue weighted by atomic mass is 35.5. The van der Waals surface area contributed by atoms with E-state index in [0.29, 0.717) is 6.61 Å². The van der Waals surface area contributed by atoms with Crippen molar-refractivity contribution in [1.29, 1.82) is 0 Å². The van der Waals surface area contributed by atoms with Crippen LogP contribution in [-0.2, 0) is 23.2 Å². The molecule has 1 heterocycles. The molecule has 0 spiro atoms. The smallest absolute Gasteiger partial charge is 0.269 e. The summed E-state index contributed by atoms with van der Waals surface area (Å²) in [6.45, 7) is 12.7. The molecule has 0 saturated carbocycles. The first-order chi connectivity index (χ1) is 20.3. The Bertz CT molecular complexity index is 1220. The van der Waals surface area contributed by atoms with E-state index in [1.54, 1.807) is 11.3 Å². The molecule has 0 bridgehead atoms. The topological polar surface area (TPSA) is 42.2 Å². The highest BCUT2D eigenvalue weighted by Gasteiger charge is 2.22. The number of rotatable bonds is 19. The number of benzene rings is 2. The molecule has 1 N–H and O–H groups in total. The van der Waals surface area contributed by atoms with Gasteiger partial charge in [-0.1, -0.05) is 134 Å². The molecular weight excluding hydrogens is 572 g/mol. The Morgan fingerprint density at radius 3 is 2.12 bits per heavy atom. The van der Waals surface area contributed by atoms with Gasteiger partial charge in [0.1, 0.15) is 12.3 Å². The lowest BCUT2D eigenvalue weighted by atomic mass is 9.84. The summed E-state index contributed by atoms with van der Waals surface area (Å²) in [7, 11) is 0. The minimum Gasteiger partial charge on any atom is -1.00 e. The van der Waals surface area contributed by atoms with Gasteiger partial charge in [-0.05, 0) is 42.5 Å². The van der Waals surface area contributed by atoms with Crippen molar-refractivity contribution < 1.29 is 26.5 Å². The molecule has 0 saturated heterocycles. The molecule has 1 amide bonds. The monoisotopic (exact) mass is 626 g/mol. The van der Waals surface area contributed by atoms with Gasteiger partial charge < -0.3 is 22.5 Å². The highest BCUT2D eigenvalue weighted by Crippen LogP contribution is 2.35. The number of para-hydroxylation sites is 1. The van der Waals surface area contributed by atoms with Gasteiger partial charge >= 0.3 is 0 Å². The van der Waals surface area contributed by atoms with Gasteiger partial charge in [0.25, 0.3) is 5.01 Å². The van der Waals surface area contributed by atoms with Crippen molar-refractivity contribution in [3.8, 4) is 16.3 Å². The summed E-state index contributed by atoms with van der Waals surface area (Å²) in [5.74, 6) is 0.863. The van der Waals surface area contributed by atoms with Gasteiger partial charge in [0.2, 0.25) is 5.91 Å². The van der Waals surface area contributed by atoms with E-state index in [-0.39, 0.29) is 30.2 Å². The number of anilines is 1. The quantitative estimate of drug-likeness (QED) is 0.112. The van der Waals surface area contributed by atoms with Crippen LogP contribution in [0.25, 0.3) is 10.6 Å². The molecule has 0 aliphatic heterocycles. The predicted molar refractivity (Wildman–Crippen MR) is 180 cm³/mol. The van der Waals surface area contributed by atoms with Gasteiger partial charge in [-0.2, -0.15) is 4.57 Å². The Balaban J connectivity index is 0.00000645. The average molecular weight is 627 g/mol. The van der Waals surface area contributed by atoms with Crippen LogP contribution < -0.4 is 27.0 Å². The third-order valence-electron chi connectivity index (χ3n) is 7.92. The average Bonchev–Trinajstić information content (AvgIpc) is 3.45. The molecule has 2 aromatic carbocycles. The maximum Gasteiger partial charge on any atom is 0.269 e. The van der Waals surface area contributed by atoms with E-state index >= 15 is 0 Å². The predicted octanol–water partition coefficient (Wildman–Crippen LogP) is 7.29. The third-order valence-corrected chi connectivity index (χ3v) is 8.87. The maximum atomic E-state index is 13.2. The maximum absolute atomic E-state index is 13.2. The first-order valence-electron chi connectivity index (χ1n) is 16.5. The number of nitrogens with one attached hydrogen (secondary N) is 1. The fourth-order valence-corrected chi connectivity index (χ4v) is 6.42. The van der Waals surface area contributed by atoms with Crippen LogP contribution in [0.3, 0.4) is 0 Å². The first-order valence-corrected chi connectivity index (χ1v) is 17.3. The second-order valence-electron chi connectivity index (χ2n) is 12.6. The number of unbranched alkanes of at least 4 members (excludes halogenated alkanes) is 11. The molecule has 4 nitrogen and oxygen atoms in total. The summed E-state index contributed by atoms with van der Waals surface area (Å²) in [4.78, 5) is 13.2. The van der Waals surface area contributed by atoms with E-state index in [0.717, 1.165) is 41.1 Å². The number of halogens is 1. The molecule has 0 unspecified atom stereocenters. The first kappa shape index (κ1) is 36.8. The number of carbonyl (C=O) groups is 1. The molecule has 0 fully saturated rings. The van der Waals surface area contributed by atoms with Crippen molar-refractivity contribution in [2.45, 2.75) is 130 Å². The molecule has 0 aliphatic rings. The second-order valence-corrected chi connectivity index (χ2v) is 13.5. The third kappa shape index (κ3) is 12.6. The normalized spacial score (nSPS) is 11.3. The van der Waals surface area contributed by atoms with Crippen molar-refractivity contribution in [3.63, 3.8) is 0 Å². The summed E-state index contributed by atoms with van der Waals surface area (Å²) in [6.07, 6.45) is 18.3. The molecule has 3 rings (SSSR count). The number of hydrogen-bond acceptors (Lipinski definition) is 3. The Kier molecular flexibility index (Phi) is 17.0. The molecule has 6 heteroatoms. The largest absolute Gasteiger partial charge is 1.00 e.